The molecular formula is C23H37NO3. The van der Waals surface area contributed by atoms with Gasteiger partial charge in [-0.2, -0.15) is 0 Å². The molecule has 2 saturated carbocycles. The predicted molar refractivity (Wildman–Crippen MR) is 106 cm³/mol. The Hall–Kier alpha value is -0.870. The van der Waals surface area contributed by atoms with Crippen LogP contribution in [-0.4, -0.2) is 29.8 Å². The molecule has 0 aromatic carbocycles. The maximum absolute atomic E-state index is 12.7. The normalized spacial score (nSPS) is 45.7. The fraction of sp³-hybridized carbons (Fsp3) is 0.870. The first-order chi connectivity index (χ1) is 12.7. The van der Waals surface area contributed by atoms with Gasteiger partial charge in [-0.15, -0.1) is 0 Å². The van der Waals surface area contributed by atoms with E-state index in [1.54, 1.807) is 0 Å². The monoisotopic (exact) mass is 375 g/mol. The van der Waals surface area contributed by atoms with Gasteiger partial charge in [0.1, 0.15) is 0 Å². The fourth-order valence-corrected chi connectivity index (χ4v) is 7.44. The van der Waals surface area contributed by atoms with Crippen molar-refractivity contribution >= 4 is 5.97 Å². The third-order valence-electron chi connectivity index (χ3n) is 8.39. The van der Waals surface area contributed by atoms with Crippen LogP contribution in [-0.2, 0) is 14.3 Å². The van der Waals surface area contributed by atoms with Gasteiger partial charge in [-0.1, -0.05) is 40.0 Å². The van der Waals surface area contributed by atoms with Gasteiger partial charge in [-0.05, 0) is 56.4 Å². The smallest absolute Gasteiger partial charge is 0.333 e. The van der Waals surface area contributed by atoms with Crippen LogP contribution in [0.25, 0.3) is 0 Å². The summed E-state index contributed by atoms with van der Waals surface area (Å²) >= 11 is 0. The number of methoxy groups -OCH3 is 1. The summed E-state index contributed by atoms with van der Waals surface area (Å²) in [6.45, 7) is 9.19. The first-order valence-corrected chi connectivity index (χ1v) is 11.0. The van der Waals surface area contributed by atoms with E-state index >= 15 is 0 Å². The summed E-state index contributed by atoms with van der Waals surface area (Å²) in [6.07, 6.45) is 10.0. The Morgan fingerprint density at radius 2 is 2.11 bits per heavy atom. The highest BCUT2D eigenvalue weighted by Gasteiger charge is 2.76. The van der Waals surface area contributed by atoms with Crippen LogP contribution in [0.1, 0.15) is 72.6 Å². The molecular weight excluding hydrogens is 338 g/mol. The Balaban J connectivity index is 1.69. The van der Waals surface area contributed by atoms with Crippen molar-refractivity contribution in [2.75, 3.05) is 7.11 Å². The van der Waals surface area contributed by atoms with Crippen molar-refractivity contribution in [2.24, 2.45) is 35.3 Å². The number of nitrogens with two attached hydrogens (primary N) is 1. The molecule has 4 nitrogen and oxygen atoms in total. The van der Waals surface area contributed by atoms with Crippen molar-refractivity contribution in [3.63, 3.8) is 0 Å². The number of carbonyl (C=O) groups is 1. The van der Waals surface area contributed by atoms with E-state index < -0.39 is 0 Å². The second-order valence-corrected chi connectivity index (χ2v) is 10.4. The molecule has 27 heavy (non-hydrogen) atoms. The highest BCUT2D eigenvalue weighted by atomic mass is 16.5. The maximum atomic E-state index is 12.7. The van der Waals surface area contributed by atoms with Crippen LogP contribution < -0.4 is 5.73 Å². The molecule has 5 aliphatic rings. The highest BCUT2D eigenvalue weighted by Crippen LogP contribution is 2.70. The number of hydrogen-bond acceptors (Lipinski definition) is 4. The molecule has 0 aromatic rings. The number of esters is 1. The summed E-state index contributed by atoms with van der Waals surface area (Å²) in [4.78, 5) is 12.7. The molecule has 3 fully saturated rings. The van der Waals surface area contributed by atoms with E-state index in [4.69, 9.17) is 15.2 Å². The second kappa shape index (κ2) is 6.32. The predicted octanol–water partition coefficient (Wildman–Crippen LogP) is 4.22. The average Bonchev–Trinajstić information content (AvgIpc) is 3.10. The molecule has 0 amide bonds. The van der Waals surface area contributed by atoms with Gasteiger partial charge in [-0.3, -0.25) is 0 Å². The molecule has 4 heteroatoms. The Morgan fingerprint density at radius 1 is 1.37 bits per heavy atom. The molecule has 152 valence electrons. The first kappa shape index (κ1) is 19.4. The lowest BCUT2D eigenvalue weighted by atomic mass is 9.58. The van der Waals surface area contributed by atoms with Crippen LogP contribution in [0.5, 0.6) is 0 Å². The number of ether oxygens (including phenoxy) is 2. The standard InChI is InChI=1S/C23H37NO3/c1-14(2)8-6-9-15(3)17-13-23(24)18-10-7-11-22(18)12-16(20(25)26-5)19(23)21(17,4)27-22/h12,14-15,17-19H,6-11,13,24H2,1-5H3. The summed E-state index contributed by atoms with van der Waals surface area (Å²) in [7, 11) is 1.48. The molecule has 0 radical (unpaired) electrons. The van der Waals surface area contributed by atoms with Crippen molar-refractivity contribution in [3.05, 3.63) is 11.6 Å². The minimum Gasteiger partial charge on any atom is -0.466 e. The van der Waals surface area contributed by atoms with Crippen LogP contribution in [0.4, 0.5) is 0 Å². The van der Waals surface area contributed by atoms with E-state index in [2.05, 4.69) is 33.8 Å². The van der Waals surface area contributed by atoms with Crippen molar-refractivity contribution in [1.29, 1.82) is 0 Å². The van der Waals surface area contributed by atoms with Crippen LogP contribution in [0.2, 0.25) is 0 Å². The Kier molecular flexibility index (Phi) is 4.55. The summed E-state index contributed by atoms with van der Waals surface area (Å²) < 4.78 is 12.1. The van der Waals surface area contributed by atoms with Crippen LogP contribution in [0.3, 0.4) is 0 Å². The summed E-state index contributed by atoms with van der Waals surface area (Å²) in [5.74, 6) is 1.78. The van der Waals surface area contributed by atoms with Gasteiger partial charge >= 0.3 is 5.97 Å². The minimum absolute atomic E-state index is 0.0417. The van der Waals surface area contributed by atoms with Crippen molar-refractivity contribution in [3.8, 4) is 0 Å². The third-order valence-corrected chi connectivity index (χ3v) is 8.39. The first-order valence-electron chi connectivity index (χ1n) is 11.0. The molecule has 0 aromatic heterocycles. The van der Waals surface area contributed by atoms with E-state index in [0.717, 1.165) is 37.2 Å². The van der Waals surface area contributed by atoms with E-state index in [9.17, 15) is 4.79 Å². The number of carbonyl (C=O) groups excluding carboxylic acids is 1. The quantitative estimate of drug-likeness (QED) is 0.706. The molecule has 1 spiro atoms. The molecule has 7 atom stereocenters. The largest absolute Gasteiger partial charge is 0.466 e. The molecule has 4 bridgehead atoms. The number of hydrogen-bond donors (Lipinski definition) is 1. The third kappa shape index (κ3) is 2.58. The lowest BCUT2D eigenvalue weighted by molar-refractivity contribution is -0.228. The second-order valence-electron chi connectivity index (χ2n) is 10.4. The Labute approximate surface area is 164 Å². The highest BCUT2D eigenvalue weighted by molar-refractivity contribution is 5.91. The lowest BCUT2D eigenvalue weighted by Crippen LogP contribution is -2.70. The van der Waals surface area contributed by atoms with Gasteiger partial charge in [0.2, 0.25) is 0 Å². The van der Waals surface area contributed by atoms with Crippen LogP contribution in [0, 0.1) is 29.6 Å². The SMILES string of the molecule is COC(=O)C1=CC23CCCC2C2(N)CC(C(C)CCCC(C)C)C(C)(O3)C12. The van der Waals surface area contributed by atoms with E-state index in [-0.39, 0.29) is 28.6 Å². The maximum Gasteiger partial charge on any atom is 0.333 e. The summed E-state index contributed by atoms with van der Waals surface area (Å²) in [5, 5.41) is 0. The molecule has 3 aliphatic carbocycles. The fourth-order valence-electron chi connectivity index (χ4n) is 7.44. The topological polar surface area (TPSA) is 61.5 Å². The van der Waals surface area contributed by atoms with Crippen LogP contribution in [0.15, 0.2) is 11.6 Å². The van der Waals surface area contributed by atoms with Gasteiger partial charge in [0.15, 0.2) is 0 Å². The van der Waals surface area contributed by atoms with E-state index in [1.807, 2.05) is 0 Å². The molecule has 1 saturated heterocycles. The molecule has 2 aliphatic heterocycles. The molecule has 2 heterocycles. The number of rotatable bonds is 6. The summed E-state index contributed by atoms with van der Waals surface area (Å²) in [6, 6.07) is 0. The van der Waals surface area contributed by atoms with E-state index in [0.29, 0.717) is 17.8 Å². The van der Waals surface area contributed by atoms with Gasteiger partial charge in [0.25, 0.3) is 0 Å². The summed E-state index contributed by atoms with van der Waals surface area (Å²) in [5.41, 5.74) is 6.96. The van der Waals surface area contributed by atoms with Gasteiger partial charge < -0.3 is 15.2 Å². The van der Waals surface area contributed by atoms with Gasteiger partial charge in [-0.25, -0.2) is 4.79 Å². The van der Waals surface area contributed by atoms with Crippen LogP contribution >= 0.6 is 0 Å². The van der Waals surface area contributed by atoms with Gasteiger partial charge in [0, 0.05) is 22.9 Å². The zero-order valence-corrected chi connectivity index (χ0v) is 17.7. The average molecular weight is 376 g/mol. The van der Waals surface area contributed by atoms with Crippen molar-refractivity contribution in [1.82, 2.24) is 0 Å². The molecule has 7 unspecified atom stereocenters. The van der Waals surface area contributed by atoms with Gasteiger partial charge in [0.05, 0.1) is 18.3 Å². The van der Waals surface area contributed by atoms with Crippen molar-refractivity contribution in [2.45, 2.75) is 89.4 Å². The zero-order chi connectivity index (χ0) is 19.6. The minimum atomic E-state index is -0.356. The molecule has 2 N–H and O–H groups in total. The zero-order valence-electron chi connectivity index (χ0n) is 17.7. The Bertz CT molecular complexity index is 658. The van der Waals surface area contributed by atoms with Crippen molar-refractivity contribution < 1.29 is 14.3 Å². The van der Waals surface area contributed by atoms with E-state index in [1.165, 1.54) is 26.4 Å². The Morgan fingerprint density at radius 3 is 2.78 bits per heavy atom. The lowest BCUT2D eigenvalue weighted by Gasteiger charge is -2.60. The molecule has 5 rings (SSSR count).